The third-order valence-electron chi connectivity index (χ3n) is 2.54. The fraction of sp³-hybridized carbons (Fsp3) is 0.231. The lowest BCUT2D eigenvalue weighted by molar-refractivity contribution is 0.102. The third-order valence-corrected chi connectivity index (χ3v) is 2.54. The van der Waals surface area contributed by atoms with E-state index in [0.29, 0.717) is 22.9 Å². The minimum absolute atomic E-state index is 0.249. The molecule has 1 amide bonds. The van der Waals surface area contributed by atoms with Crippen molar-refractivity contribution in [3.63, 3.8) is 0 Å². The predicted octanol–water partition coefficient (Wildman–Crippen LogP) is 2.55. The second kappa shape index (κ2) is 4.91. The number of benzene rings is 1. The van der Waals surface area contributed by atoms with Gasteiger partial charge in [-0.1, -0.05) is 11.2 Å². The molecular formula is C13H14N2O3. The highest BCUT2D eigenvalue weighted by atomic mass is 16.5. The zero-order valence-electron chi connectivity index (χ0n) is 10.5. The highest BCUT2D eigenvalue weighted by Gasteiger charge is 2.10. The zero-order valence-corrected chi connectivity index (χ0v) is 10.5. The number of anilines is 1. The second-order valence-electron chi connectivity index (χ2n) is 3.96. The van der Waals surface area contributed by atoms with Gasteiger partial charge in [0.2, 0.25) is 0 Å². The minimum Gasteiger partial charge on any atom is -0.496 e. The van der Waals surface area contributed by atoms with Gasteiger partial charge in [-0.25, -0.2) is 0 Å². The molecule has 5 nitrogen and oxygen atoms in total. The van der Waals surface area contributed by atoms with Crippen molar-refractivity contribution in [2.75, 3.05) is 12.4 Å². The Kier molecular flexibility index (Phi) is 3.32. The quantitative estimate of drug-likeness (QED) is 0.903. The summed E-state index contributed by atoms with van der Waals surface area (Å²) in [7, 11) is 1.57. The maximum atomic E-state index is 12.0. The Hall–Kier alpha value is -2.30. The Labute approximate surface area is 105 Å². The molecule has 0 unspecified atom stereocenters. The third kappa shape index (κ3) is 2.51. The van der Waals surface area contributed by atoms with Crippen molar-refractivity contribution < 1.29 is 14.1 Å². The van der Waals surface area contributed by atoms with Crippen LogP contribution < -0.4 is 10.1 Å². The predicted molar refractivity (Wildman–Crippen MR) is 66.9 cm³/mol. The van der Waals surface area contributed by atoms with Crippen LogP contribution >= 0.6 is 0 Å². The van der Waals surface area contributed by atoms with Gasteiger partial charge in [0.05, 0.1) is 7.11 Å². The molecule has 0 aliphatic carbocycles. The number of hydrogen-bond acceptors (Lipinski definition) is 4. The van der Waals surface area contributed by atoms with E-state index in [-0.39, 0.29) is 5.91 Å². The lowest BCUT2D eigenvalue weighted by Gasteiger charge is -2.07. The van der Waals surface area contributed by atoms with Gasteiger partial charge in [0.15, 0.2) is 5.82 Å². The van der Waals surface area contributed by atoms with Crippen molar-refractivity contribution in [1.82, 2.24) is 5.16 Å². The van der Waals surface area contributed by atoms with Gasteiger partial charge in [0, 0.05) is 11.6 Å². The Morgan fingerprint density at radius 2 is 2.11 bits per heavy atom. The summed E-state index contributed by atoms with van der Waals surface area (Å²) >= 11 is 0. The van der Waals surface area contributed by atoms with Crippen LogP contribution in [-0.4, -0.2) is 18.2 Å². The van der Waals surface area contributed by atoms with Crippen molar-refractivity contribution in [2.45, 2.75) is 13.8 Å². The SMILES string of the molecule is COc1cc(C(=O)Nc2cc(C)on2)ccc1C. The van der Waals surface area contributed by atoms with E-state index in [2.05, 4.69) is 10.5 Å². The molecule has 1 aromatic carbocycles. The van der Waals surface area contributed by atoms with Crippen LogP contribution in [0.4, 0.5) is 5.82 Å². The van der Waals surface area contributed by atoms with Gasteiger partial charge < -0.3 is 14.6 Å². The first-order valence-corrected chi connectivity index (χ1v) is 5.49. The molecule has 18 heavy (non-hydrogen) atoms. The first-order valence-electron chi connectivity index (χ1n) is 5.49. The van der Waals surface area contributed by atoms with E-state index in [0.717, 1.165) is 5.56 Å². The van der Waals surface area contributed by atoms with Gasteiger partial charge in [-0.05, 0) is 31.5 Å². The van der Waals surface area contributed by atoms with Gasteiger partial charge >= 0.3 is 0 Å². The molecule has 0 atom stereocenters. The zero-order chi connectivity index (χ0) is 13.1. The second-order valence-corrected chi connectivity index (χ2v) is 3.96. The van der Waals surface area contributed by atoms with Crippen molar-refractivity contribution in [2.24, 2.45) is 0 Å². The van der Waals surface area contributed by atoms with E-state index in [9.17, 15) is 4.79 Å². The number of aromatic nitrogens is 1. The van der Waals surface area contributed by atoms with E-state index in [1.54, 1.807) is 32.2 Å². The van der Waals surface area contributed by atoms with Crippen LogP contribution in [0.25, 0.3) is 0 Å². The van der Waals surface area contributed by atoms with E-state index < -0.39 is 0 Å². The van der Waals surface area contributed by atoms with Crippen molar-refractivity contribution >= 4 is 11.7 Å². The summed E-state index contributed by atoms with van der Waals surface area (Å²) in [5.41, 5.74) is 1.49. The van der Waals surface area contributed by atoms with E-state index >= 15 is 0 Å². The molecule has 0 spiro atoms. The molecule has 0 saturated heterocycles. The Morgan fingerprint density at radius 1 is 1.33 bits per heavy atom. The van der Waals surface area contributed by atoms with Crippen LogP contribution in [0, 0.1) is 13.8 Å². The summed E-state index contributed by atoms with van der Waals surface area (Å²) in [6, 6.07) is 6.92. The fourth-order valence-corrected chi connectivity index (χ4v) is 1.58. The van der Waals surface area contributed by atoms with E-state index in [1.807, 2.05) is 13.0 Å². The molecule has 0 radical (unpaired) electrons. The Morgan fingerprint density at radius 3 is 2.72 bits per heavy atom. The summed E-state index contributed by atoms with van der Waals surface area (Å²) in [6.45, 7) is 3.68. The minimum atomic E-state index is -0.249. The number of nitrogens with zero attached hydrogens (tertiary/aromatic N) is 1. The van der Waals surface area contributed by atoms with Gasteiger partial charge in [0.25, 0.3) is 5.91 Å². The van der Waals surface area contributed by atoms with Gasteiger partial charge in [-0.3, -0.25) is 4.79 Å². The summed E-state index contributed by atoms with van der Waals surface area (Å²) in [6.07, 6.45) is 0. The van der Waals surface area contributed by atoms with Gasteiger partial charge in [-0.2, -0.15) is 0 Å². The monoisotopic (exact) mass is 246 g/mol. The highest BCUT2D eigenvalue weighted by molar-refractivity contribution is 6.04. The van der Waals surface area contributed by atoms with E-state index in [1.165, 1.54) is 0 Å². The molecule has 0 aliphatic rings. The number of nitrogens with one attached hydrogen (secondary N) is 1. The summed E-state index contributed by atoms with van der Waals surface area (Å²) in [5.74, 6) is 1.48. The number of aryl methyl sites for hydroxylation is 2. The number of ether oxygens (including phenoxy) is 1. The Bertz CT molecular complexity index is 575. The van der Waals surface area contributed by atoms with E-state index in [4.69, 9.17) is 9.26 Å². The number of rotatable bonds is 3. The average Bonchev–Trinajstić information content (AvgIpc) is 2.75. The van der Waals surface area contributed by atoms with Crippen LogP contribution in [0.1, 0.15) is 21.7 Å². The van der Waals surface area contributed by atoms with Gasteiger partial charge in [0.1, 0.15) is 11.5 Å². The number of methoxy groups -OCH3 is 1. The highest BCUT2D eigenvalue weighted by Crippen LogP contribution is 2.19. The Balaban J connectivity index is 2.18. The number of amides is 1. The standard InChI is InChI=1S/C13H14N2O3/c1-8-4-5-10(7-11(8)17-3)13(16)14-12-6-9(2)18-15-12/h4-7H,1-3H3,(H,14,15,16). The molecule has 1 N–H and O–H groups in total. The van der Waals surface area contributed by atoms with Crippen molar-refractivity contribution in [3.05, 3.63) is 41.2 Å². The van der Waals surface area contributed by atoms with Crippen molar-refractivity contribution in [1.29, 1.82) is 0 Å². The molecular weight excluding hydrogens is 232 g/mol. The number of carbonyl (C=O) groups is 1. The molecule has 1 heterocycles. The normalized spacial score (nSPS) is 10.2. The summed E-state index contributed by atoms with van der Waals surface area (Å²) in [4.78, 5) is 12.0. The molecule has 0 bridgehead atoms. The molecule has 0 saturated carbocycles. The molecule has 0 aliphatic heterocycles. The van der Waals surface area contributed by atoms with Gasteiger partial charge in [-0.15, -0.1) is 0 Å². The molecule has 5 heteroatoms. The van der Waals surface area contributed by atoms with Crippen LogP contribution in [0.5, 0.6) is 5.75 Å². The van der Waals surface area contributed by atoms with Crippen LogP contribution in [-0.2, 0) is 0 Å². The number of carbonyl (C=O) groups excluding carboxylic acids is 1. The molecule has 2 aromatic rings. The first kappa shape index (κ1) is 12.2. The molecule has 1 aromatic heterocycles. The number of hydrogen-bond donors (Lipinski definition) is 1. The fourth-order valence-electron chi connectivity index (χ4n) is 1.58. The van der Waals surface area contributed by atoms with Crippen LogP contribution in [0.15, 0.2) is 28.8 Å². The molecule has 94 valence electrons. The van der Waals surface area contributed by atoms with Crippen LogP contribution in [0.3, 0.4) is 0 Å². The topological polar surface area (TPSA) is 64.4 Å². The largest absolute Gasteiger partial charge is 0.496 e. The maximum Gasteiger partial charge on any atom is 0.257 e. The summed E-state index contributed by atoms with van der Waals surface area (Å²) < 4.78 is 10.1. The average molecular weight is 246 g/mol. The maximum absolute atomic E-state index is 12.0. The van der Waals surface area contributed by atoms with Crippen molar-refractivity contribution in [3.8, 4) is 5.75 Å². The first-order chi connectivity index (χ1) is 8.60. The van der Waals surface area contributed by atoms with Crippen LogP contribution in [0.2, 0.25) is 0 Å². The molecule has 0 fully saturated rings. The molecule has 2 rings (SSSR count). The smallest absolute Gasteiger partial charge is 0.257 e. The lowest BCUT2D eigenvalue weighted by atomic mass is 10.1. The lowest BCUT2D eigenvalue weighted by Crippen LogP contribution is -2.12. The summed E-state index contributed by atoms with van der Waals surface area (Å²) in [5, 5.41) is 6.35.